The smallest absolute Gasteiger partial charge is 0.340 e. The zero-order chi connectivity index (χ0) is 28.0. The minimum Gasteiger partial charge on any atom is -0.465 e. The maximum atomic E-state index is 15.0. The fourth-order valence-electron chi connectivity index (χ4n) is 11.9. The van der Waals surface area contributed by atoms with Crippen molar-refractivity contribution >= 4 is 17.8 Å². The topological polar surface area (TPSA) is 43.4 Å². The molecule has 0 amide bonds. The summed E-state index contributed by atoms with van der Waals surface area (Å²) in [4.78, 5) is 24.4. The Balaban J connectivity index is 1.35. The molecule has 0 saturated heterocycles. The number of aldehydes is 1. The van der Waals surface area contributed by atoms with Gasteiger partial charge in [-0.25, -0.2) is 9.18 Å². The molecule has 5 aliphatic rings. The van der Waals surface area contributed by atoms with E-state index in [1.807, 2.05) is 6.07 Å². The molecule has 0 aliphatic heterocycles. The maximum absolute atomic E-state index is 15.0. The standard InChI is InChI=1S/C35H47FO3/c1-31(2)24(22-9-10-23(27(36)20-22)30(38)39-6)13-16-32(3)28(31)14-17-34(5)29(32)12-11-25-26-8-7-15-35(26,21-37)19-18-33(25,34)4/h9-10,13,20-21,25-26,28-29H,7-8,11-12,14-19H2,1-6H3/t25?,26?,28?,29?,32?,33-,34?,35?/m1/s1. The van der Waals surface area contributed by atoms with Crippen LogP contribution in [0.3, 0.4) is 0 Å². The van der Waals surface area contributed by atoms with Gasteiger partial charge in [-0.1, -0.05) is 53.2 Å². The largest absolute Gasteiger partial charge is 0.465 e. The third kappa shape index (κ3) is 3.45. The summed E-state index contributed by atoms with van der Waals surface area (Å²) in [6.07, 6.45) is 15.6. The molecule has 6 rings (SSSR count). The van der Waals surface area contributed by atoms with Gasteiger partial charge in [-0.2, -0.15) is 0 Å². The van der Waals surface area contributed by atoms with Gasteiger partial charge < -0.3 is 9.53 Å². The van der Waals surface area contributed by atoms with Gasteiger partial charge in [0.2, 0.25) is 0 Å². The van der Waals surface area contributed by atoms with Crippen LogP contribution in [-0.2, 0) is 9.53 Å². The predicted octanol–water partition coefficient (Wildman–Crippen LogP) is 8.66. The lowest BCUT2D eigenvalue weighted by Crippen LogP contribution is -2.65. The van der Waals surface area contributed by atoms with Crippen LogP contribution in [0, 0.1) is 56.6 Å². The van der Waals surface area contributed by atoms with E-state index in [0.29, 0.717) is 23.7 Å². The molecule has 3 nitrogen and oxygen atoms in total. The Kier molecular flexibility index (Phi) is 6.11. The van der Waals surface area contributed by atoms with Crippen molar-refractivity contribution in [3.05, 3.63) is 41.2 Å². The SMILES string of the molecule is COC(=O)c1ccc(C2=CCC3(C)C(CCC4(C)C3CCC3C5CCCC5(C=O)CC[C@]34C)C2(C)C)cc1F. The van der Waals surface area contributed by atoms with Crippen molar-refractivity contribution in [3.8, 4) is 0 Å². The van der Waals surface area contributed by atoms with Crippen LogP contribution in [0.1, 0.15) is 115 Å². The van der Waals surface area contributed by atoms with E-state index in [9.17, 15) is 14.0 Å². The van der Waals surface area contributed by atoms with E-state index in [1.54, 1.807) is 6.07 Å². The number of hydrogen-bond acceptors (Lipinski definition) is 3. The summed E-state index contributed by atoms with van der Waals surface area (Å²) in [5.74, 6) is 1.25. The number of benzene rings is 1. The van der Waals surface area contributed by atoms with Crippen molar-refractivity contribution in [3.63, 3.8) is 0 Å². The van der Waals surface area contributed by atoms with Gasteiger partial charge in [0.25, 0.3) is 0 Å². The first-order valence-corrected chi connectivity index (χ1v) is 15.4. The average Bonchev–Trinajstić information content (AvgIpc) is 3.33. The molecule has 0 radical (unpaired) electrons. The number of carbonyl (C=O) groups excluding carboxylic acids is 2. The van der Waals surface area contributed by atoms with Crippen LogP contribution in [0.25, 0.3) is 5.57 Å². The van der Waals surface area contributed by atoms with Crippen molar-refractivity contribution in [2.45, 2.75) is 98.8 Å². The van der Waals surface area contributed by atoms with Gasteiger partial charge in [-0.3, -0.25) is 0 Å². The second-order valence-corrected chi connectivity index (χ2v) is 15.2. The van der Waals surface area contributed by atoms with Gasteiger partial charge >= 0.3 is 5.97 Å². The van der Waals surface area contributed by atoms with E-state index in [2.05, 4.69) is 40.7 Å². The molecule has 8 atom stereocenters. The van der Waals surface area contributed by atoms with Gasteiger partial charge in [0, 0.05) is 5.41 Å². The zero-order valence-electron chi connectivity index (χ0n) is 24.9. The molecule has 0 N–H and O–H groups in total. The molecular weight excluding hydrogens is 487 g/mol. The average molecular weight is 535 g/mol. The summed E-state index contributed by atoms with van der Waals surface area (Å²) < 4.78 is 19.7. The van der Waals surface area contributed by atoms with Crippen LogP contribution in [0.5, 0.6) is 0 Å². The number of ether oxygens (including phenoxy) is 1. The fraction of sp³-hybridized carbons (Fsp3) is 0.714. The first-order chi connectivity index (χ1) is 18.4. The van der Waals surface area contributed by atoms with Crippen molar-refractivity contribution < 1.29 is 18.7 Å². The molecule has 39 heavy (non-hydrogen) atoms. The van der Waals surface area contributed by atoms with Crippen LogP contribution < -0.4 is 0 Å². The van der Waals surface area contributed by atoms with Crippen LogP contribution in [0.4, 0.5) is 4.39 Å². The first kappa shape index (κ1) is 27.2. The highest BCUT2D eigenvalue weighted by Crippen LogP contribution is 2.76. The summed E-state index contributed by atoms with van der Waals surface area (Å²) in [7, 11) is 1.29. The Bertz CT molecular complexity index is 1230. The number of esters is 1. The molecular formula is C35H47FO3. The van der Waals surface area contributed by atoms with Crippen molar-refractivity contribution in [1.29, 1.82) is 0 Å². The Hall–Kier alpha value is -1.97. The highest BCUT2D eigenvalue weighted by molar-refractivity contribution is 5.90. The molecule has 0 heterocycles. The predicted molar refractivity (Wildman–Crippen MR) is 152 cm³/mol. The third-order valence-corrected chi connectivity index (χ3v) is 13.9. The lowest BCUT2D eigenvalue weighted by atomic mass is 9.33. The molecule has 1 aromatic rings. The lowest BCUT2D eigenvalue weighted by Gasteiger charge is -2.72. The van der Waals surface area contributed by atoms with Gasteiger partial charge in [-0.05, 0) is 126 Å². The number of fused-ring (bicyclic) bond motifs is 7. The normalized spacial score (nSPS) is 44.2. The van der Waals surface area contributed by atoms with E-state index < -0.39 is 11.8 Å². The summed E-state index contributed by atoms with van der Waals surface area (Å²) >= 11 is 0. The molecule has 1 aromatic carbocycles. The summed E-state index contributed by atoms with van der Waals surface area (Å²) in [5, 5.41) is 0. The number of methoxy groups -OCH3 is 1. The summed E-state index contributed by atoms with van der Waals surface area (Å²) in [6, 6.07) is 5.00. The van der Waals surface area contributed by atoms with Gasteiger partial charge in [0.05, 0.1) is 12.7 Å². The highest BCUT2D eigenvalue weighted by atomic mass is 19.1. The summed E-state index contributed by atoms with van der Waals surface area (Å²) in [6.45, 7) is 12.5. The molecule has 4 saturated carbocycles. The Morgan fingerprint density at radius 2 is 1.69 bits per heavy atom. The number of hydrogen-bond donors (Lipinski definition) is 0. The fourth-order valence-corrected chi connectivity index (χ4v) is 11.9. The van der Waals surface area contributed by atoms with Gasteiger partial charge in [0.15, 0.2) is 0 Å². The molecule has 7 unspecified atom stereocenters. The number of rotatable bonds is 3. The monoisotopic (exact) mass is 534 g/mol. The van der Waals surface area contributed by atoms with E-state index in [-0.39, 0.29) is 32.6 Å². The van der Waals surface area contributed by atoms with Gasteiger partial charge in [0.1, 0.15) is 12.1 Å². The lowest BCUT2D eigenvalue weighted by molar-refractivity contribution is -0.220. The Morgan fingerprint density at radius 1 is 0.923 bits per heavy atom. The number of carbonyl (C=O) groups is 2. The van der Waals surface area contributed by atoms with E-state index >= 15 is 0 Å². The second-order valence-electron chi connectivity index (χ2n) is 15.2. The Morgan fingerprint density at radius 3 is 2.38 bits per heavy atom. The molecule has 0 spiro atoms. The van der Waals surface area contributed by atoms with Crippen molar-refractivity contribution in [2.24, 2.45) is 50.7 Å². The minimum absolute atomic E-state index is 0.00733. The Labute approximate surface area is 234 Å². The summed E-state index contributed by atoms with van der Waals surface area (Å²) in [5.41, 5.74) is 2.69. The highest BCUT2D eigenvalue weighted by Gasteiger charge is 2.69. The molecule has 0 bridgehead atoms. The van der Waals surface area contributed by atoms with E-state index in [1.165, 1.54) is 70.0 Å². The van der Waals surface area contributed by atoms with Crippen LogP contribution >= 0.6 is 0 Å². The van der Waals surface area contributed by atoms with Crippen molar-refractivity contribution in [2.75, 3.05) is 7.11 Å². The molecule has 4 heteroatoms. The molecule has 0 aromatic heterocycles. The third-order valence-electron chi connectivity index (χ3n) is 13.9. The van der Waals surface area contributed by atoms with Crippen LogP contribution in [-0.4, -0.2) is 19.4 Å². The van der Waals surface area contributed by atoms with Crippen LogP contribution in [0.15, 0.2) is 24.3 Å². The quantitative estimate of drug-likeness (QED) is 0.288. The first-order valence-electron chi connectivity index (χ1n) is 15.4. The second kappa shape index (κ2) is 8.76. The number of halogens is 1. The van der Waals surface area contributed by atoms with Crippen molar-refractivity contribution in [1.82, 2.24) is 0 Å². The molecule has 4 fully saturated rings. The van der Waals surface area contributed by atoms with Gasteiger partial charge in [-0.15, -0.1) is 0 Å². The maximum Gasteiger partial charge on any atom is 0.340 e. The van der Waals surface area contributed by atoms with Crippen LogP contribution in [0.2, 0.25) is 0 Å². The number of allylic oxidation sites excluding steroid dienone is 2. The molecule has 212 valence electrons. The van der Waals surface area contributed by atoms with E-state index in [0.717, 1.165) is 24.8 Å². The zero-order valence-corrected chi connectivity index (χ0v) is 24.9. The minimum atomic E-state index is -0.634. The van der Waals surface area contributed by atoms with E-state index in [4.69, 9.17) is 4.74 Å². The molecule has 5 aliphatic carbocycles.